The van der Waals surface area contributed by atoms with Gasteiger partial charge in [-0.25, -0.2) is 4.39 Å². The highest BCUT2D eigenvalue weighted by atomic mass is 19.4. The summed E-state index contributed by atoms with van der Waals surface area (Å²) in [6.45, 7) is 3.52. The first-order chi connectivity index (χ1) is 16.6. The van der Waals surface area contributed by atoms with Gasteiger partial charge in [0.2, 0.25) is 0 Å². The minimum absolute atomic E-state index is 0.121. The molecule has 0 radical (unpaired) electrons. The normalized spacial score (nSPS) is 18.9. The van der Waals surface area contributed by atoms with Crippen LogP contribution in [0.3, 0.4) is 0 Å². The molecule has 4 heterocycles. The number of benzene rings is 1. The van der Waals surface area contributed by atoms with Crippen LogP contribution in [0.2, 0.25) is 0 Å². The minimum atomic E-state index is -4.50. The molecule has 0 spiro atoms. The summed E-state index contributed by atoms with van der Waals surface area (Å²) in [7, 11) is 0. The van der Waals surface area contributed by atoms with Gasteiger partial charge in [-0.1, -0.05) is 18.7 Å². The van der Waals surface area contributed by atoms with Crippen molar-refractivity contribution >= 4 is 28.5 Å². The van der Waals surface area contributed by atoms with E-state index in [0.29, 0.717) is 28.0 Å². The van der Waals surface area contributed by atoms with E-state index in [4.69, 9.17) is 0 Å². The Morgan fingerprint density at radius 2 is 1.83 bits per heavy atom. The number of nitrogens with zero attached hydrogens (tertiary/aromatic N) is 5. The molecule has 1 aromatic carbocycles. The molecule has 0 aliphatic carbocycles. The third kappa shape index (κ3) is 3.83. The Balaban J connectivity index is 1.62. The number of carbonyl (C=O) groups is 2. The summed E-state index contributed by atoms with van der Waals surface area (Å²) in [6, 6.07) is 5.67. The molecule has 2 aromatic heterocycles. The number of alkyl halides is 3. The van der Waals surface area contributed by atoms with E-state index in [9.17, 15) is 32.3 Å². The lowest BCUT2D eigenvalue weighted by molar-refractivity contribution is -0.137. The average molecular weight is 489 g/mol. The smallest absolute Gasteiger partial charge is 0.383 e. The summed E-state index contributed by atoms with van der Waals surface area (Å²) < 4.78 is 53.9. The lowest BCUT2D eigenvalue weighted by atomic mass is 10.1. The third-order valence-electron chi connectivity index (χ3n) is 6.25. The molecule has 35 heavy (non-hydrogen) atoms. The van der Waals surface area contributed by atoms with Gasteiger partial charge in [-0.2, -0.15) is 18.3 Å². The van der Waals surface area contributed by atoms with Gasteiger partial charge in [0.15, 0.2) is 5.83 Å². The predicted octanol–water partition coefficient (Wildman–Crippen LogP) is 3.08. The van der Waals surface area contributed by atoms with E-state index in [-0.39, 0.29) is 26.1 Å². The van der Waals surface area contributed by atoms with E-state index >= 15 is 0 Å². The molecule has 2 fully saturated rings. The number of anilines is 1. The lowest BCUT2D eigenvalue weighted by Gasteiger charge is -2.39. The predicted molar refractivity (Wildman–Crippen MR) is 117 cm³/mol. The zero-order chi connectivity index (χ0) is 25.1. The molecule has 1 N–H and O–H groups in total. The van der Waals surface area contributed by atoms with E-state index < -0.39 is 41.5 Å². The maximum absolute atomic E-state index is 13.3. The molecule has 0 unspecified atom stereocenters. The molecule has 3 aromatic rings. The molecule has 2 amide bonds. The van der Waals surface area contributed by atoms with E-state index in [1.807, 2.05) is 0 Å². The SMILES string of the molecule is C=C(F)C(=O)N1CC(n2nc(-c3ccc(C(F)(F)F)cc3)c3nccc(N4CC[C@@H](O)C4=O)c32)C1. The summed E-state index contributed by atoms with van der Waals surface area (Å²) in [5.74, 6) is -2.41. The van der Waals surface area contributed by atoms with Gasteiger partial charge in [-0.15, -0.1) is 0 Å². The number of aromatic nitrogens is 3. The van der Waals surface area contributed by atoms with E-state index in [0.717, 1.165) is 12.1 Å². The Morgan fingerprint density at radius 3 is 2.40 bits per heavy atom. The molecule has 2 aliphatic heterocycles. The number of pyridine rings is 1. The fourth-order valence-electron chi connectivity index (χ4n) is 4.39. The molecule has 2 aliphatic rings. The number of fused-ring (bicyclic) bond motifs is 1. The molecule has 0 saturated carbocycles. The molecule has 182 valence electrons. The maximum atomic E-state index is 13.3. The van der Waals surface area contributed by atoms with Crippen LogP contribution in [0, 0.1) is 0 Å². The van der Waals surface area contributed by atoms with Crippen molar-refractivity contribution in [2.75, 3.05) is 24.5 Å². The molecule has 8 nitrogen and oxygen atoms in total. The third-order valence-corrected chi connectivity index (χ3v) is 6.25. The van der Waals surface area contributed by atoms with Crippen molar-refractivity contribution in [3.8, 4) is 11.3 Å². The van der Waals surface area contributed by atoms with Crippen LogP contribution in [0.5, 0.6) is 0 Å². The van der Waals surface area contributed by atoms with E-state index in [2.05, 4.69) is 16.7 Å². The molecule has 12 heteroatoms. The number of aliphatic hydroxyl groups excluding tert-OH is 1. The summed E-state index contributed by atoms with van der Waals surface area (Å²) in [6.07, 6.45) is -3.94. The van der Waals surface area contributed by atoms with Crippen LogP contribution in [0.1, 0.15) is 18.0 Å². The molecule has 1 atom stereocenters. The van der Waals surface area contributed by atoms with Gasteiger partial charge in [-0.3, -0.25) is 19.3 Å². The second-order valence-corrected chi connectivity index (χ2v) is 8.46. The fourth-order valence-corrected chi connectivity index (χ4v) is 4.39. The Kier molecular flexibility index (Phi) is 5.35. The number of halogens is 4. The fraction of sp³-hybridized carbons (Fsp3) is 0.304. The zero-order valence-electron chi connectivity index (χ0n) is 18.2. The van der Waals surface area contributed by atoms with Crippen LogP contribution >= 0.6 is 0 Å². The Morgan fingerprint density at radius 1 is 1.14 bits per heavy atom. The largest absolute Gasteiger partial charge is 0.416 e. The Bertz CT molecular complexity index is 1350. The van der Waals surface area contributed by atoms with E-state index in [1.54, 1.807) is 10.7 Å². The maximum Gasteiger partial charge on any atom is 0.416 e. The minimum Gasteiger partial charge on any atom is -0.383 e. The van der Waals surface area contributed by atoms with Crippen LogP contribution in [0.15, 0.2) is 48.9 Å². The second-order valence-electron chi connectivity index (χ2n) is 8.46. The zero-order valence-corrected chi connectivity index (χ0v) is 18.2. The Labute approximate surface area is 196 Å². The van der Waals surface area contributed by atoms with Gasteiger partial charge in [0, 0.05) is 37.8 Å². The summed E-state index contributed by atoms with van der Waals surface area (Å²) in [5.41, 5.74) is 1.07. The number of rotatable bonds is 4. The van der Waals surface area contributed by atoms with Crippen molar-refractivity contribution in [2.45, 2.75) is 24.7 Å². The van der Waals surface area contributed by atoms with Gasteiger partial charge in [0.1, 0.15) is 22.8 Å². The number of likely N-dealkylation sites (tertiary alicyclic amines) is 1. The second kappa shape index (κ2) is 8.15. The molecular weight excluding hydrogens is 470 g/mol. The first kappa shape index (κ1) is 23.0. The quantitative estimate of drug-likeness (QED) is 0.449. The van der Waals surface area contributed by atoms with Crippen molar-refractivity contribution in [1.82, 2.24) is 19.7 Å². The number of hydrogen-bond acceptors (Lipinski definition) is 5. The number of hydrogen-bond donors (Lipinski definition) is 1. The van der Waals surface area contributed by atoms with Crippen molar-refractivity contribution < 1.29 is 32.3 Å². The summed E-state index contributed by atoms with van der Waals surface area (Å²) in [5, 5.41) is 14.6. The van der Waals surface area contributed by atoms with Crippen molar-refractivity contribution in [3.63, 3.8) is 0 Å². The topological polar surface area (TPSA) is 91.6 Å². The highest BCUT2D eigenvalue weighted by Crippen LogP contribution is 2.38. The first-order valence-corrected chi connectivity index (χ1v) is 10.7. The summed E-state index contributed by atoms with van der Waals surface area (Å²) in [4.78, 5) is 31.5. The van der Waals surface area contributed by atoms with Crippen LogP contribution in [-0.4, -0.2) is 62.3 Å². The van der Waals surface area contributed by atoms with E-state index in [1.165, 1.54) is 28.1 Å². The monoisotopic (exact) mass is 489 g/mol. The molecule has 2 saturated heterocycles. The molecule has 0 bridgehead atoms. The van der Waals surface area contributed by atoms with Gasteiger partial charge in [-0.05, 0) is 18.2 Å². The van der Waals surface area contributed by atoms with Crippen molar-refractivity contribution in [1.29, 1.82) is 0 Å². The highest BCUT2D eigenvalue weighted by Gasteiger charge is 2.38. The van der Waals surface area contributed by atoms with Crippen LogP contribution in [-0.2, 0) is 15.8 Å². The van der Waals surface area contributed by atoms with Gasteiger partial charge in [0.05, 0.1) is 17.3 Å². The number of amides is 2. The highest BCUT2D eigenvalue weighted by molar-refractivity contribution is 6.07. The average Bonchev–Trinajstić information content (AvgIpc) is 3.33. The molecular formula is C23H19F4N5O3. The standard InChI is InChI=1S/C23H19F4N5O3/c1-12(24)21(34)30-10-15(11-30)32-20-16(31-9-7-17(33)22(31)35)6-8-28-19(20)18(29-32)13-2-4-14(5-3-13)23(25,26)27/h2-6,8,15,17,33H,1,7,9-11H2/t17-/m1/s1. The van der Waals surface area contributed by atoms with Crippen molar-refractivity contribution in [2.24, 2.45) is 0 Å². The van der Waals surface area contributed by atoms with Crippen molar-refractivity contribution in [3.05, 3.63) is 54.5 Å². The Hall–Kier alpha value is -3.80. The van der Waals surface area contributed by atoms with Crippen LogP contribution in [0.25, 0.3) is 22.3 Å². The van der Waals surface area contributed by atoms with Gasteiger partial charge in [0.25, 0.3) is 11.8 Å². The van der Waals surface area contributed by atoms with Crippen LogP contribution in [0.4, 0.5) is 23.2 Å². The summed E-state index contributed by atoms with van der Waals surface area (Å²) >= 11 is 0. The lowest BCUT2D eigenvalue weighted by Crippen LogP contribution is -2.51. The molecule has 5 rings (SSSR count). The number of carbonyl (C=O) groups excluding carboxylic acids is 2. The van der Waals surface area contributed by atoms with Gasteiger partial charge < -0.3 is 14.9 Å². The number of aliphatic hydroxyl groups is 1. The van der Waals surface area contributed by atoms with Crippen LogP contribution < -0.4 is 4.90 Å². The first-order valence-electron chi connectivity index (χ1n) is 10.7. The van der Waals surface area contributed by atoms with Gasteiger partial charge >= 0.3 is 6.18 Å².